The van der Waals surface area contributed by atoms with Gasteiger partial charge in [-0.2, -0.15) is 0 Å². The van der Waals surface area contributed by atoms with Gasteiger partial charge in [0.05, 0.1) is 12.4 Å². The highest BCUT2D eigenvalue weighted by Crippen LogP contribution is 2.26. The van der Waals surface area contributed by atoms with Crippen LogP contribution in [0, 0.1) is 6.92 Å². The van der Waals surface area contributed by atoms with E-state index < -0.39 is 16.1 Å². The molecule has 0 amide bonds. The van der Waals surface area contributed by atoms with Crippen LogP contribution in [0.25, 0.3) is 10.9 Å². The van der Waals surface area contributed by atoms with E-state index in [1.807, 2.05) is 12.1 Å². The Labute approximate surface area is 189 Å². The summed E-state index contributed by atoms with van der Waals surface area (Å²) >= 11 is 0. The molecule has 1 heterocycles. The van der Waals surface area contributed by atoms with Gasteiger partial charge in [-0.05, 0) is 56.4 Å². The lowest BCUT2D eigenvalue weighted by Gasteiger charge is -2.14. The van der Waals surface area contributed by atoms with Crippen molar-refractivity contribution >= 4 is 26.6 Å². The van der Waals surface area contributed by atoms with Crippen LogP contribution in [0.1, 0.15) is 22.9 Å². The minimum Gasteiger partial charge on any atom is -0.492 e. The average Bonchev–Trinajstić information content (AvgIpc) is 3.00. The second kappa shape index (κ2) is 10.4. The van der Waals surface area contributed by atoms with Gasteiger partial charge in [-0.1, -0.05) is 12.1 Å². The minimum atomic E-state index is -3.36. The van der Waals surface area contributed by atoms with Crippen molar-refractivity contribution in [2.45, 2.75) is 19.6 Å². The maximum Gasteiger partial charge on any atom is 0.229 e. The van der Waals surface area contributed by atoms with E-state index in [1.54, 1.807) is 24.3 Å². The Kier molecular flexibility index (Phi) is 7.78. The number of rotatable bonds is 11. The van der Waals surface area contributed by atoms with Crippen molar-refractivity contribution in [2.75, 3.05) is 44.8 Å². The number of anilines is 1. The molecule has 0 unspecified atom stereocenters. The third kappa shape index (κ3) is 6.70. The Morgan fingerprint density at radius 1 is 1.19 bits per heavy atom. The molecule has 3 aromatic rings. The molecule has 2 aromatic carbocycles. The molecule has 4 N–H and O–H groups in total. The molecule has 0 fully saturated rings. The number of aliphatic hydroxyl groups excluding tert-OH is 1. The number of nitrogens with one attached hydrogen (secondary N) is 3. The van der Waals surface area contributed by atoms with Crippen molar-refractivity contribution in [3.63, 3.8) is 0 Å². The zero-order chi connectivity index (χ0) is 23.3. The van der Waals surface area contributed by atoms with Crippen molar-refractivity contribution in [2.24, 2.45) is 0 Å². The van der Waals surface area contributed by atoms with Crippen LogP contribution in [-0.2, 0) is 16.6 Å². The maximum absolute atomic E-state index is 11.4. The van der Waals surface area contributed by atoms with Gasteiger partial charge in [-0.15, -0.1) is 0 Å². The molecule has 8 nitrogen and oxygen atoms in total. The van der Waals surface area contributed by atoms with Crippen molar-refractivity contribution in [3.8, 4) is 5.75 Å². The highest BCUT2D eigenvalue weighted by molar-refractivity contribution is 7.92. The van der Waals surface area contributed by atoms with Gasteiger partial charge in [0.15, 0.2) is 0 Å². The van der Waals surface area contributed by atoms with Gasteiger partial charge in [0.2, 0.25) is 10.0 Å². The van der Waals surface area contributed by atoms with Crippen LogP contribution in [0.4, 0.5) is 5.69 Å². The van der Waals surface area contributed by atoms with Crippen molar-refractivity contribution in [1.82, 2.24) is 15.2 Å². The van der Waals surface area contributed by atoms with Crippen LogP contribution in [0.15, 0.2) is 42.5 Å². The molecule has 32 heavy (non-hydrogen) atoms. The number of sulfonamides is 1. The fourth-order valence-electron chi connectivity index (χ4n) is 3.60. The molecular weight excluding hydrogens is 428 g/mol. The SMILES string of the molecule is Cc1[nH]c2cc(OCCNC[C@H](O)c3cccc(NS(C)(=O)=O)c3)ccc2c1CN(C)C. The van der Waals surface area contributed by atoms with E-state index in [-0.39, 0.29) is 0 Å². The number of hydrogen-bond acceptors (Lipinski definition) is 6. The largest absolute Gasteiger partial charge is 0.492 e. The summed E-state index contributed by atoms with van der Waals surface area (Å²) in [6.07, 6.45) is 0.333. The van der Waals surface area contributed by atoms with Gasteiger partial charge in [0.25, 0.3) is 0 Å². The van der Waals surface area contributed by atoms with E-state index in [4.69, 9.17) is 4.74 Å². The molecule has 0 aliphatic heterocycles. The number of aryl methyl sites for hydroxylation is 1. The molecule has 174 valence electrons. The van der Waals surface area contributed by atoms with E-state index in [9.17, 15) is 13.5 Å². The summed E-state index contributed by atoms with van der Waals surface area (Å²) in [6, 6.07) is 12.8. The highest BCUT2D eigenvalue weighted by Gasteiger charge is 2.11. The monoisotopic (exact) mass is 460 g/mol. The molecule has 0 aliphatic rings. The van der Waals surface area contributed by atoms with E-state index in [1.165, 1.54) is 10.9 Å². The van der Waals surface area contributed by atoms with Crippen molar-refractivity contribution in [1.29, 1.82) is 0 Å². The number of aliphatic hydroxyl groups is 1. The number of nitrogens with zero attached hydrogens (tertiary/aromatic N) is 1. The molecule has 9 heteroatoms. The van der Waals surface area contributed by atoms with Crippen LogP contribution >= 0.6 is 0 Å². The summed E-state index contributed by atoms with van der Waals surface area (Å²) in [5, 5.41) is 14.8. The standard InChI is InChI=1S/C23H32N4O4S/c1-16-21(15-27(2)3)20-9-8-19(13-22(20)25-16)31-11-10-24-14-23(28)17-6-5-7-18(12-17)26-32(4,29)30/h5-9,12-13,23-26,28H,10-11,14-15H2,1-4H3/t23-/m0/s1. The van der Waals surface area contributed by atoms with Crippen LogP contribution in [-0.4, -0.2) is 63.5 Å². The van der Waals surface area contributed by atoms with Gasteiger partial charge in [0, 0.05) is 48.0 Å². The summed E-state index contributed by atoms with van der Waals surface area (Å²) in [6.45, 7) is 4.31. The number of H-pyrrole nitrogens is 1. The molecule has 3 rings (SSSR count). The van der Waals surface area contributed by atoms with E-state index in [0.29, 0.717) is 30.9 Å². The highest BCUT2D eigenvalue weighted by atomic mass is 32.2. The molecule has 0 saturated carbocycles. The number of benzene rings is 2. The Bertz CT molecular complexity index is 1160. The van der Waals surface area contributed by atoms with Gasteiger partial charge in [-0.25, -0.2) is 8.42 Å². The lowest BCUT2D eigenvalue weighted by atomic mass is 10.1. The predicted molar refractivity (Wildman–Crippen MR) is 129 cm³/mol. The smallest absolute Gasteiger partial charge is 0.229 e. The Balaban J connectivity index is 1.48. The fraction of sp³-hybridized carbons (Fsp3) is 0.391. The van der Waals surface area contributed by atoms with Crippen LogP contribution in [0.2, 0.25) is 0 Å². The summed E-state index contributed by atoms with van der Waals surface area (Å²) in [7, 11) is 0.758. The number of hydrogen-bond donors (Lipinski definition) is 4. The second-order valence-corrected chi connectivity index (χ2v) is 9.99. The average molecular weight is 461 g/mol. The molecule has 0 saturated heterocycles. The first kappa shape index (κ1) is 24.1. The Morgan fingerprint density at radius 3 is 2.69 bits per heavy atom. The first-order chi connectivity index (χ1) is 15.1. The van der Waals surface area contributed by atoms with Crippen molar-refractivity contribution in [3.05, 3.63) is 59.3 Å². The van der Waals surface area contributed by atoms with Gasteiger partial charge >= 0.3 is 0 Å². The summed E-state index contributed by atoms with van der Waals surface area (Å²) < 4.78 is 31.0. The summed E-state index contributed by atoms with van der Waals surface area (Å²) in [4.78, 5) is 5.58. The quantitative estimate of drug-likeness (QED) is 0.328. The normalized spacial score (nSPS) is 12.9. The lowest BCUT2D eigenvalue weighted by Crippen LogP contribution is -2.26. The molecule has 0 bridgehead atoms. The Hall–Kier alpha value is -2.59. The number of ether oxygens (including phenoxy) is 1. The van der Waals surface area contributed by atoms with Gasteiger partial charge < -0.3 is 25.0 Å². The van der Waals surface area contributed by atoms with Crippen LogP contribution in [0.5, 0.6) is 5.75 Å². The number of aromatic amines is 1. The van der Waals surface area contributed by atoms with Crippen LogP contribution in [0.3, 0.4) is 0 Å². The molecule has 1 atom stereocenters. The molecule has 0 spiro atoms. The summed E-state index contributed by atoms with van der Waals surface area (Å²) in [5.74, 6) is 0.789. The molecule has 0 radical (unpaired) electrons. The third-order valence-corrected chi connectivity index (χ3v) is 5.63. The first-order valence-corrected chi connectivity index (χ1v) is 12.4. The number of fused-ring (bicyclic) bond motifs is 1. The molecule has 1 aromatic heterocycles. The number of aromatic nitrogens is 1. The maximum atomic E-state index is 11.4. The third-order valence-electron chi connectivity index (χ3n) is 5.03. The predicted octanol–water partition coefficient (Wildman–Crippen LogP) is 2.61. The summed E-state index contributed by atoms with van der Waals surface area (Å²) in [5.41, 5.74) is 4.58. The zero-order valence-electron chi connectivity index (χ0n) is 19.0. The van der Waals surface area contributed by atoms with E-state index in [0.717, 1.165) is 29.8 Å². The Morgan fingerprint density at radius 2 is 1.97 bits per heavy atom. The first-order valence-electron chi connectivity index (χ1n) is 10.5. The fourth-order valence-corrected chi connectivity index (χ4v) is 4.16. The van der Waals surface area contributed by atoms with Crippen LogP contribution < -0.4 is 14.8 Å². The zero-order valence-corrected chi connectivity index (χ0v) is 19.8. The van der Waals surface area contributed by atoms with Gasteiger partial charge in [0.1, 0.15) is 12.4 Å². The van der Waals surface area contributed by atoms with E-state index >= 15 is 0 Å². The van der Waals surface area contributed by atoms with Crippen molar-refractivity contribution < 1.29 is 18.3 Å². The second-order valence-electron chi connectivity index (χ2n) is 8.24. The van der Waals surface area contributed by atoms with E-state index in [2.05, 4.69) is 47.0 Å². The minimum absolute atomic E-state index is 0.328. The molecule has 0 aliphatic carbocycles. The van der Waals surface area contributed by atoms with Gasteiger partial charge in [-0.3, -0.25) is 4.72 Å². The lowest BCUT2D eigenvalue weighted by molar-refractivity contribution is 0.172. The topological polar surface area (TPSA) is 107 Å². The molecular formula is C23H32N4O4S.